The molecule has 0 aliphatic heterocycles. The molecule has 1 N–H and O–H groups in total. The minimum atomic E-state index is -0.127. The summed E-state index contributed by atoms with van der Waals surface area (Å²) in [5.41, 5.74) is 3.36. The third-order valence-corrected chi connectivity index (χ3v) is 4.76. The second-order valence-corrected chi connectivity index (χ2v) is 7.25. The lowest BCUT2D eigenvalue weighted by molar-refractivity contribution is 0.101. The first-order valence-electron chi connectivity index (χ1n) is 8.10. The predicted octanol–water partition coefficient (Wildman–Crippen LogP) is 4.89. The molecule has 3 rings (SSSR count). The van der Waals surface area contributed by atoms with Crippen LogP contribution < -0.4 is 5.32 Å². The van der Waals surface area contributed by atoms with Crippen LogP contribution in [-0.4, -0.2) is 15.7 Å². The number of aryl methyl sites for hydroxylation is 3. The number of anilines is 1. The summed E-state index contributed by atoms with van der Waals surface area (Å²) in [5.74, 6) is -0.127. The maximum Gasteiger partial charge on any atom is 0.273 e. The number of benzene rings is 1. The molecule has 3 aromatic rings. The topological polar surface area (TPSA) is 46.9 Å². The van der Waals surface area contributed by atoms with Crippen molar-refractivity contribution in [3.8, 4) is 11.3 Å². The van der Waals surface area contributed by atoms with Crippen LogP contribution in [0.2, 0.25) is 0 Å². The molecule has 124 valence electrons. The Balaban J connectivity index is 1.94. The fourth-order valence-corrected chi connectivity index (χ4v) is 3.65. The standard InChI is InChI=1S/C19H21N3OS/c1-4-10-22-18(19(23)20-15-8-6-5-7-9-15)12-17(21-22)16-11-13(2)24-14(16)3/h5-9,11-12H,4,10H2,1-3H3,(H,20,23). The maximum absolute atomic E-state index is 12.7. The quantitative estimate of drug-likeness (QED) is 0.719. The van der Waals surface area contributed by atoms with Crippen molar-refractivity contribution in [3.05, 3.63) is 57.9 Å². The Hall–Kier alpha value is -2.40. The van der Waals surface area contributed by atoms with E-state index in [-0.39, 0.29) is 5.91 Å². The highest BCUT2D eigenvalue weighted by molar-refractivity contribution is 7.12. The Morgan fingerprint density at radius 3 is 2.58 bits per heavy atom. The number of nitrogens with one attached hydrogen (secondary N) is 1. The third-order valence-electron chi connectivity index (χ3n) is 3.80. The number of hydrogen-bond acceptors (Lipinski definition) is 3. The van der Waals surface area contributed by atoms with Gasteiger partial charge in [0.1, 0.15) is 5.69 Å². The van der Waals surface area contributed by atoms with Crippen LogP contribution in [0.25, 0.3) is 11.3 Å². The summed E-state index contributed by atoms with van der Waals surface area (Å²) in [6.07, 6.45) is 0.925. The summed E-state index contributed by atoms with van der Waals surface area (Å²) in [6, 6.07) is 13.5. The van der Waals surface area contributed by atoms with Crippen molar-refractivity contribution in [3.63, 3.8) is 0 Å². The molecule has 4 nitrogen and oxygen atoms in total. The fourth-order valence-electron chi connectivity index (χ4n) is 2.72. The van der Waals surface area contributed by atoms with Gasteiger partial charge >= 0.3 is 0 Å². The van der Waals surface area contributed by atoms with E-state index in [1.165, 1.54) is 9.75 Å². The molecule has 24 heavy (non-hydrogen) atoms. The summed E-state index contributed by atoms with van der Waals surface area (Å²) in [4.78, 5) is 15.2. The van der Waals surface area contributed by atoms with Crippen LogP contribution in [0.15, 0.2) is 42.5 Å². The molecule has 0 saturated carbocycles. The highest BCUT2D eigenvalue weighted by Gasteiger charge is 2.18. The number of rotatable bonds is 5. The molecular weight excluding hydrogens is 318 g/mol. The van der Waals surface area contributed by atoms with E-state index in [1.54, 1.807) is 16.0 Å². The van der Waals surface area contributed by atoms with Crippen LogP contribution in [0.5, 0.6) is 0 Å². The first-order chi connectivity index (χ1) is 11.6. The minimum Gasteiger partial charge on any atom is -0.321 e. The smallest absolute Gasteiger partial charge is 0.273 e. The number of nitrogens with zero attached hydrogens (tertiary/aromatic N) is 2. The van der Waals surface area contributed by atoms with Crippen molar-refractivity contribution in [2.24, 2.45) is 0 Å². The fraction of sp³-hybridized carbons (Fsp3) is 0.263. The van der Waals surface area contributed by atoms with E-state index in [0.29, 0.717) is 5.69 Å². The summed E-state index contributed by atoms with van der Waals surface area (Å²) in [7, 11) is 0. The Kier molecular flexibility index (Phi) is 4.81. The first kappa shape index (κ1) is 16.5. The third kappa shape index (κ3) is 3.41. The summed E-state index contributed by atoms with van der Waals surface area (Å²) < 4.78 is 1.81. The van der Waals surface area contributed by atoms with Gasteiger partial charge in [-0.15, -0.1) is 11.3 Å². The molecule has 0 aliphatic rings. The molecule has 1 amide bonds. The zero-order valence-corrected chi connectivity index (χ0v) is 15.0. The maximum atomic E-state index is 12.7. The normalized spacial score (nSPS) is 10.8. The van der Waals surface area contributed by atoms with Gasteiger partial charge in [0, 0.05) is 27.5 Å². The van der Waals surface area contributed by atoms with Crippen LogP contribution in [0.3, 0.4) is 0 Å². The van der Waals surface area contributed by atoms with Crippen LogP contribution >= 0.6 is 11.3 Å². The molecule has 2 heterocycles. The van der Waals surface area contributed by atoms with Crippen molar-refractivity contribution < 1.29 is 4.79 Å². The van der Waals surface area contributed by atoms with Crippen LogP contribution in [0, 0.1) is 13.8 Å². The number of hydrogen-bond donors (Lipinski definition) is 1. The minimum absolute atomic E-state index is 0.127. The van der Waals surface area contributed by atoms with Gasteiger partial charge in [-0.2, -0.15) is 5.10 Å². The van der Waals surface area contributed by atoms with Crippen molar-refractivity contribution in [1.82, 2.24) is 9.78 Å². The number of aromatic nitrogens is 2. The number of thiophene rings is 1. The molecule has 0 atom stereocenters. The van der Waals surface area contributed by atoms with Gasteiger partial charge in [-0.3, -0.25) is 9.48 Å². The lowest BCUT2D eigenvalue weighted by atomic mass is 10.1. The highest BCUT2D eigenvalue weighted by Crippen LogP contribution is 2.30. The number of carbonyl (C=O) groups excluding carboxylic acids is 1. The van der Waals surface area contributed by atoms with Crippen LogP contribution in [-0.2, 0) is 6.54 Å². The molecular formula is C19H21N3OS. The Morgan fingerprint density at radius 2 is 1.96 bits per heavy atom. The number of carbonyl (C=O) groups is 1. The Labute approximate surface area is 146 Å². The van der Waals surface area contributed by atoms with E-state index >= 15 is 0 Å². The summed E-state index contributed by atoms with van der Waals surface area (Å²) >= 11 is 1.75. The molecule has 5 heteroatoms. The molecule has 0 bridgehead atoms. The van der Waals surface area contributed by atoms with E-state index in [1.807, 2.05) is 36.4 Å². The molecule has 0 saturated heterocycles. The molecule has 0 aliphatic carbocycles. The second-order valence-electron chi connectivity index (χ2n) is 5.79. The monoisotopic (exact) mass is 339 g/mol. The highest BCUT2D eigenvalue weighted by atomic mass is 32.1. The summed E-state index contributed by atoms with van der Waals surface area (Å²) in [5, 5.41) is 7.61. The summed E-state index contributed by atoms with van der Waals surface area (Å²) in [6.45, 7) is 6.99. The van der Waals surface area contributed by atoms with E-state index in [9.17, 15) is 4.79 Å². The largest absolute Gasteiger partial charge is 0.321 e. The molecule has 0 unspecified atom stereocenters. The predicted molar refractivity (Wildman–Crippen MR) is 99.7 cm³/mol. The lowest BCUT2D eigenvalue weighted by Crippen LogP contribution is -2.17. The number of para-hydroxylation sites is 1. The Bertz CT molecular complexity index is 849. The van der Waals surface area contributed by atoms with E-state index < -0.39 is 0 Å². The second kappa shape index (κ2) is 7.01. The zero-order valence-electron chi connectivity index (χ0n) is 14.2. The van der Waals surface area contributed by atoms with E-state index in [4.69, 9.17) is 0 Å². The molecule has 2 aromatic heterocycles. The average molecular weight is 339 g/mol. The SMILES string of the molecule is CCCn1nc(-c2cc(C)sc2C)cc1C(=O)Nc1ccccc1. The molecule has 0 radical (unpaired) electrons. The zero-order chi connectivity index (χ0) is 17.1. The average Bonchev–Trinajstić information content (AvgIpc) is 3.11. The van der Waals surface area contributed by atoms with Crippen molar-refractivity contribution in [1.29, 1.82) is 0 Å². The van der Waals surface area contributed by atoms with Gasteiger partial charge in [-0.05, 0) is 44.5 Å². The van der Waals surface area contributed by atoms with Gasteiger partial charge < -0.3 is 5.32 Å². The Morgan fingerprint density at radius 1 is 1.21 bits per heavy atom. The molecule has 0 fully saturated rings. The van der Waals surface area contributed by atoms with Gasteiger partial charge in [0.15, 0.2) is 0 Å². The number of amides is 1. The van der Waals surface area contributed by atoms with Gasteiger partial charge in [-0.25, -0.2) is 0 Å². The van der Waals surface area contributed by atoms with Crippen molar-refractivity contribution in [2.45, 2.75) is 33.7 Å². The van der Waals surface area contributed by atoms with Crippen LogP contribution in [0.1, 0.15) is 33.6 Å². The van der Waals surface area contributed by atoms with Crippen molar-refractivity contribution >= 4 is 22.9 Å². The van der Waals surface area contributed by atoms with Gasteiger partial charge in [0.25, 0.3) is 5.91 Å². The van der Waals surface area contributed by atoms with Crippen LogP contribution in [0.4, 0.5) is 5.69 Å². The lowest BCUT2D eigenvalue weighted by Gasteiger charge is -2.07. The van der Waals surface area contributed by atoms with Crippen molar-refractivity contribution in [2.75, 3.05) is 5.32 Å². The molecule has 0 spiro atoms. The first-order valence-corrected chi connectivity index (χ1v) is 8.91. The molecule has 1 aromatic carbocycles. The van der Waals surface area contributed by atoms with Gasteiger partial charge in [0.2, 0.25) is 0 Å². The van der Waals surface area contributed by atoms with E-state index in [0.717, 1.165) is 29.9 Å². The van der Waals surface area contributed by atoms with E-state index in [2.05, 4.69) is 37.3 Å². The van der Waals surface area contributed by atoms with Gasteiger partial charge in [0.05, 0.1) is 5.69 Å². The van der Waals surface area contributed by atoms with Gasteiger partial charge in [-0.1, -0.05) is 25.1 Å².